The SMILES string of the molecule is CCCCNc1nc(N(Cc2ccc(OC)cc2)Cc2ccc(OC)cc2)nc2ccn(Cc3ccc(CNC(=O)O)cc3)c(=O)c12. The van der Waals surface area contributed by atoms with E-state index in [1.807, 2.05) is 78.9 Å². The molecule has 0 spiro atoms. The lowest BCUT2D eigenvalue weighted by Gasteiger charge is -2.24. The van der Waals surface area contributed by atoms with Gasteiger partial charge in [0.25, 0.3) is 5.56 Å². The summed E-state index contributed by atoms with van der Waals surface area (Å²) in [6, 6.07) is 25.2. The standard InChI is InChI=1S/C36H40N6O5/c1-4-5-19-37-33-32-31(18-20-41(34(32)43)22-26-8-6-25(7-9-26)21-38-36(44)45)39-35(40-33)42(23-27-10-14-29(46-2)15-11-27)24-28-12-16-30(47-3)17-13-28/h6-18,20,38H,4-5,19,21-24H2,1-3H3,(H,44,45)(H,37,39,40). The van der Waals surface area contributed by atoms with E-state index in [1.54, 1.807) is 25.0 Å². The minimum Gasteiger partial charge on any atom is -0.497 e. The lowest BCUT2D eigenvalue weighted by molar-refractivity contribution is 0.194. The van der Waals surface area contributed by atoms with Crippen LogP contribution >= 0.6 is 0 Å². The molecule has 2 heterocycles. The zero-order chi connectivity index (χ0) is 33.2. The maximum atomic E-state index is 13.9. The van der Waals surface area contributed by atoms with E-state index < -0.39 is 6.09 Å². The van der Waals surface area contributed by atoms with E-state index >= 15 is 0 Å². The molecule has 0 aliphatic heterocycles. The van der Waals surface area contributed by atoms with Crippen LogP contribution in [0.2, 0.25) is 0 Å². The number of carboxylic acid groups (broad SMARTS) is 1. The van der Waals surface area contributed by atoms with Gasteiger partial charge in [-0.25, -0.2) is 9.78 Å². The molecule has 0 bridgehead atoms. The van der Waals surface area contributed by atoms with Crippen molar-refractivity contribution in [1.29, 1.82) is 0 Å². The molecule has 2 aromatic heterocycles. The summed E-state index contributed by atoms with van der Waals surface area (Å²) in [6.45, 7) is 4.41. The van der Waals surface area contributed by atoms with E-state index in [9.17, 15) is 9.59 Å². The molecule has 47 heavy (non-hydrogen) atoms. The number of fused-ring (bicyclic) bond motifs is 1. The monoisotopic (exact) mass is 636 g/mol. The molecule has 0 unspecified atom stereocenters. The summed E-state index contributed by atoms with van der Waals surface area (Å²) < 4.78 is 12.4. The van der Waals surface area contributed by atoms with Crippen molar-refractivity contribution < 1.29 is 19.4 Å². The van der Waals surface area contributed by atoms with E-state index in [0.717, 1.165) is 46.6 Å². The van der Waals surface area contributed by atoms with Gasteiger partial charge in [0.2, 0.25) is 5.95 Å². The number of rotatable bonds is 15. The first-order valence-corrected chi connectivity index (χ1v) is 15.6. The number of carbonyl (C=O) groups is 1. The van der Waals surface area contributed by atoms with Gasteiger partial charge in [-0.1, -0.05) is 61.9 Å². The Labute approximate surface area is 273 Å². The number of benzene rings is 3. The first-order valence-electron chi connectivity index (χ1n) is 15.6. The van der Waals surface area contributed by atoms with Gasteiger partial charge in [0.15, 0.2) is 0 Å². The van der Waals surface area contributed by atoms with Crippen molar-refractivity contribution in [3.05, 3.63) is 118 Å². The van der Waals surface area contributed by atoms with Crippen LogP contribution in [0.1, 0.15) is 42.0 Å². The van der Waals surface area contributed by atoms with Crippen LogP contribution in [0.5, 0.6) is 11.5 Å². The van der Waals surface area contributed by atoms with Crippen molar-refractivity contribution in [3.63, 3.8) is 0 Å². The van der Waals surface area contributed by atoms with Crippen LogP contribution in [0.4, 0.5) is 16.6 Å². The number of amides is 1. The first kappa shape index (κ1) is 32.8. The van der Waals surface area contributed by atoms with E-state index in [-0.39, 0.29) is 12.1 Å². The summed E-state index contributed by atoms with van der Waals surface area (Å²) in [5.74, 6) is 2.57. The summed E-state index contributed by atoms with van der Waals surface area (Å²) in [7, 11) is 3.29. The Hall–Kier alpha value is -5.58. The van der Waals surface area contributed by atoms with Crippen LogP contribution in [-0.4, -0.2) is 46.5 Å². The number of ether oxygens (including phenoxy) is 2. The average molecular weight is 637 g/mol. The predicted molar refractivity (Wildman–Crippen MR) is 183 cm³/mol. The molecule has 5 aromatic rings. The smallest absolute Gasteiger partial charge is 0.404 e. The summed E-state index contributed by atoms with van der Waals surface area (Å²) in [6.07, 6.45) is 2.60. The van der Waals surface area contributed by atoms with Gasteiger partial charge in [-0.2, -0.15) is 4.98 Å². The second-order valence-corrected chi connectivity index (χ2v) is 11.2. The zero-order valence-corrected chi connectivity index (χ0v) is 26.9. The molecular formula is C36H40N6O5. The highest BCUT2D eigenvalue weighted by Gasteiger charge is 2.18. The summed E-state index contributed by atoms with van der Waals surface area (Å²) in [4.78, 5) is 36.8. The Bertz CT molecular complexity index is 1790. The van der Waals surface area contributed by atoms with Crippen molar-refractivity contribution in [3.8, 4) is 11.5 Å². The predicted octanol–water partition coefficient (Wildman–Crippen LogP) is 6.04. The maximum absolute atomic E-state index is 13.9. The fourth-order valence-electron chi connectivity index (χ4n) is 5.18. The maximum Gasteiger partial charge on any atom is 0.404 e. The van der Waals surface area contributed by atoms with E-state index in [1.165, 1.54) is 0 Å². The zero-order valence-electron chi connectivity index (χ0n) is 26.9. The summed E-state index contributed by atoms with van der Waals surface area (Å²) in [5.41, 5.74) is 4.22. The molecule has 0 radical (unpaired) electrons. The fourth-order valence-corrected chi connectivity index (χ4v) is 5.18. The topological polar surface area (TPSA) is 131 Å². The minimum absolute atomic E-state index is 0.193. The first-order chi connectivity index (χ1) is 22.9. The molecule has 11 heteroatoms. The molecular weight excluding hydrogens is 596 g/mol. The molecule has 5 rings (SSSR count). The van der Waals surface area contributed by atoms with E-state index in [0.29, 0.717) is 48.8 Å². The number of pyridine rings is 1. The van der Waals surface area contributed by atoms with Gasteiger partial charge in [0.1, 0.15) is 22.7 Å². The fraction of sp³-hybridized carbons (Fsp3) is 0.278. The van der Waals surface area contributed by atoms with Gasteiger partial charge >= 0.3 is 6.09 Å². The van der Waals surface area contributed by atoms with Crippen LogP contribution in [0, 0.1) is 0 Å². The molecule has 0 atom stereocenters. The normalized spacial score (nSPS) is 10.9. The lowest BCUT2D eigenvalue weighted by atomic mass is 10.1. The van der Waals surface area contributed by atoms with Gasteiger partial charge in [0, 0.05) is 32.4 Å². The van der Waals surface area contributed by atoms with Crippen molar-refractivity contribution in [1.82, 2.24) is 19.9 Å². The van der Waals surface area contributed by atoms with E-state index in [4.69, 9.17) is 24.5 Å². The van der Waals surface area contributed by atoms with Crippen LogP contribution in [0.15, 0.2) is 89.9 Å². The molecule has 244 valence electrons. The number of hydrogen-bond donors (Lipinski definition) is 3. The summed E-state index contributed by atoms with van der Waals surface area (Å²) in [5, 5.41) is 15.1. The van der Waals surface area contributed by atoms with Crippen LogP contribution in [0.3, 0.4) is 0 Å². The van der Waals surface area contributed by atoms with Crippen molar-refractivity contribution in [2.24, 2.45) is 0 Å². The molecule has 3 N–H and O–H groups in total. The largest absolute Gasteiger partial charge is 0.497 e. The Morgan fingerprint density at radius 3 is 1.96 bits per heavy atom. The second kappa shape index (κ2) is 15.6. The molecule has 0 saturated heterocycles. The number of methoxy groups -OCH3 is 2. The molecule has 1 amide bonds. The van der Waals surface area contributed by atoms with Crippen molar-refractivity contribution >= 4 is 28.8 Å². The van der Waals surface area contributed by atoms with Gasteiger partial charge < -0.3 is 34.7 Å². The third-order valence-electron chi connectivity index (χ3n) is 7.80. The van der Waals surface area contributed by atoms with Gasteiger partial charge in [-0.15, -0.1) is 0 Å². The number of hydrogen-bond acceptors (Lipinski definition) is 8. The number of aromatic nitrogens is 3. The third-order valence-corrected chi connectivity index (χ3v) is 7.80. The average Bonchev–Trinajstić information content (AvgIpc) is 3.09. The van der Waals surface area contributed by atoms with Crippen LogP contribution in [0.25, 0.3) is 10.9 Å². The van der Waals surface area contributed by atoms with Crippen LogP contribution < -0.4 is 30.6 Å². The number of unbranched alkanes of at least 4 members (excludes halogenated alkanes) is 1. The summed E-state index contributed by atoms with van der Waals surface area (Å²) >= 11 is 0. The number of nitrogens with zero attached hydrogens (tertiary/aromatic N) is 4. The number of anilines is 2. The highest BCUT2D eigenvalue weighted by atomic mass is 16.5. The molecule has 0 aliphatic carbocycles. The van der Waals surface area contributed by atoms with Crippen LogP contribution in [-0.2, 0) is 26.2 Å². The molecule has 0 aliphatic rings. The highest BCUT2D eigenvalue weighted by Crippen LogP contribution is 2.25. The Kier molecular flexibility index (Phi) is 10.9. The quantitative estimate of drug-likeness (QED) is 0.118. The molecule has 11 nitrogen and oxygen atoms in total. The molecule has 0 fully saturated rings. The highest BCUT2D eigenvalue weighted by molar-refractivity contribution is 5.89. The lowest BCUT2D eigenvalue weighted by Crippen LogP contribution is -2.27. The van der Waals surface area contributed by atoms with Crippen molar-refractivity contribution in [2.45, 2.75) is 45.9 Å². The second-order valence-electron chi connectivity index (χ2n) is 11.2. The molecule has 3 aromatic carbocycles. The van der Waals surface area contributed by atoms with Gasteiger partial charge in [0.05, 0.1) is 26.3 Å². The Balaban J connectivity index is 1.51. The van der Waals surface area contributed by atoms with Crippen molar-refractivity contribution in [2.75, 3.05) is 31.0 Å². The third kappa shape index (κ3) is 8.57. The minimum atomic E-state index is -1.07. The Morgan fingerprint density at radius 1 is 0.830 bits per heavy atom. The van der Waals surface area contributed by atoms with Gasteiger partial charge in [-0.05, 0) is 59.0 Å². The Morgan fingerprint density at radius 2 is 1.40 bits per heavy atom. The molecule has 0 saturated carbocycles. The number of nitrogens with one attached hydrogen (secondary N) is 2. The van der Waals surface area contributed by atoms with Gasteiger partial charge in [-0.3, -0.25) is 4.79 Å². The van der Waals surface area contributed by atoms with E-state index in [2.05, 4.69) is 22.5 Å².